The van der Waals surface area contributed by atoms with Gasteiger partial charge in [-0.2, -0.15) is 5.26 Å². The number of allylic oxidation sites excluding steroid dienone is 1. The first-order valence-electron chi connectivity index (χ1n) is 9.02. The second-order valence-corrected chi connectivity index (χ2v) is 7.79. The number of hydrogen-bond donors (Lipinski definition) is 2. The van der Waals surface area contributed by atoms with Gasteiger partial charge in [0, 0.05) is 11.6 Å². The Balaban J connectivity index is 2.23. The number of esters is 1. The van der Waals surface area contributed by atoms with Gasteiger partial charge in [0.25, 0.3) is 0 Å². The zero-order valence-corrected chi connectivity index (χ0v) is 17.8. The first kappa shape index (κ1) is 22.0. The number of nitrogens with zero attached hydrogens (tertiary/aromatic N) is 2. The molecule has 31 heavy (non-hydrogen) atoms. The van der Waals surface area contributed by atoms with Crippen molar-refractivity contribution in [2.45, 2.75) is 17.6 Å². The topological polar surface area (TPSA) is 158 Å². The molecule has 0 spiro atoms. The lowest BCUT2D eigenvalue weighted by molar-refractivity contribution is -0.142. The van der Waals surface area contributed by atoms with Crippen LogP contribution in [0.15, 0.2) is 40.2 Å². The lowest BCUT2D eigenvalue weighted by atomic mass is 9.82. The number of methoxy groups -OCH3 is 3. The van der Waals surface area contributed by atoms with Crippen LogP contribution in [-0.4, -0.2) is 49.3 Å². The fourth-order valence-electron chi connectivity index (χ4n) is 3.53. The van der Waals surface area contributed by atoms with Crippen molar-refractivity contribution in [1.82, 2.24) is 4.90 Å². The van der Waals surface area contributed by atoms with Gasteiger partial charge >= 0.3 is 5.97 Å². The van der Waals surface area contributed by atoms with E-state index in [-0.39, 0.29) is 28.4 Å². The van der Waals surface area contributed by atoms with E-state index in [1.165, 1.54) is 21.3 Å². The van der Waals surface area contributed by atoms with E-state index in [1.54, 1.807) is 18.2 Å². The van der Waals surface area contributed by atoms with E-state index in [1.807, 2.05) is 6.07 Å². The van der Waals surface area contributed by atoms with E-state index in [9.17, 15) is 19.6 Å². The number of hydrogen-bond acceptors (Lipinski definition) is 9. The smallest absolute Gasteiger partial charge is 0.307 e. The van der Waals surface area contributed by atoms with Crippen molar-refractivity contribution in [2.24, 2.45) is 11.5 Å². The summed E-state index contributed by atoms with van der Waals surface area (Å²) < 4.78 is 15.3. The van der Waals surface area contributed by atoms with E-state index in [4.69, 9.17) is 20.9 Å². The molecule has 1 aromatic carbocycles. The average Bonchev–Trinajstić information content (AvgIpc) is 3.08. The monoisotopic (exact) mass is 444 g/mol. The summed E-state index contributed by atoms with van der Waals surface area (Å²) in [5.41, 5.74) is 12.3. The number of rotatable bonds is 6. The highest BCUT2D eigenvalue weighted by Crippen LogP contribution is 2.51. The Morgan fingerprint density at radius 2 is 1.97 bits per heavy atom. The molecular weight excluding hydrogens is 424 g/mol. The lowest BCUT2D eigenvalue weighted by Gasteiger charge is -2.32. The molecule has 1 aromatic rings. The molecule has 2 heterocycles. The fourth-order valence-corrected chi connectivity index (χ4v) is 4.87. The average molecular weight is 444 g/mol. The third kappa shape index (κ3) is 3.66. The van der Waals surface area contributed by atoms with Gasteiger partial charge in [-0.15, -0.1) is 0 Å². The zero-order valence-electron chi connectivity index (χ0n) is 17.0. The van der Waals surface area contributed by atoms with E-state index >= 15 is 0 Å². The minimum absolute atomic E-state index is 0.0138. The van der Waals surface area contributed by atoms with Gasteiger partial charge in [0.05, 0.1) is 55.9 Å². The van der Waals surface area contributed by atoms with Gasteiger partial charge in [0.1, 0.15) is 22.6 Å². The maximum absolute atomic E-state index is 12.9. The molecule has 0 unspecified atom stereocenters. The van der Waals surface area contributed by atoms with Crippen molar-refractivity contribution in [3.8, 4) is 17.6 Å². The molecule has 2 amide bonds. The van der Waals surface area contributed by atoms with Crippen LogP contribution in [0.2, 0.25) is 0 Å². The molecule has 162 valence electrons. The summed E-state index contributed by atoms with van der Waals surface area (Å²) in [7, 11) is 4.14. The Morgan fingerprint density at radius 1 is 1.26 bits per heavy atom. The molecule has 0 bridgehead atoms. The number of thioether (sulfide) groups is 1. The standard InChI is InChI=1S/C20H20N4O6S/c1-28-9-4-5-10(12(6-9)29-2)15-11(8-21)17(22)24-19(27)13(7-14(25)30-3)31-20(24)16(15)18(23)26/h4-6,13,15H,7,22H2,1-3H3,(H2,23,26)/t13-,15+/m0/s1. The molecular formula is C20H20N4O6S. The van der Waals surface area contributed by atoms with E-state index in [2.05, 4.69) is 4.74 Å². The van der Waals surface area contributed by atoms with Crippen LogP contribution in [0, 0.1) is 11.3 Å². The minimum Gasteiger partial charge on any atom is -0.497 e. The van der Waals surface area contributed by atoms with Crippen molar-refractivity contribution < 1.29 is 28.6 Å². The van der Waals surface area contributed by atoms with Gasteiger partial charge in [-0.3, -0.25) is 19.3 Å². The second-order valence-electron chi connectivity index (χ2n) is 6.60. The molecule has 11 heteroatoms. The zero-order chi connectivity index (χ0) is 22.9. The molecule has 0 aromatic heterocycles. The SMILES string of the molecule is COC(=O)C[C@@H]1SC2=C(C(N)=O)[C@H](c3ccc(OC)cc3OC)C(C#N)=C(N)N2C1=O. The van der Waals surface area contributed by atoms with Gasteiger partial charge in [-0.1, -0.05) is 17.8 Å². The van der Waals surface area contributed by atoms with Gasteiger partial charge in [0.15, 0.2) is 0 Å². The first-order chi connectivity index (χ1) is 14.8. The number of fused-ring (bicyclic) bond motifs is 1. The molecule has 1 fully saturated rings. The summed E-state index contributed by atoms with van der Waals surface area (Å²) in [6, 6.07) is 6.88. The number of ether oxygens (including phenoxy) is 3. The predicted molar refractivity (Wildman–Crippen MR) is 110 cm³/mol. The number of carbonyl (C=O) groups is 3. The summed E-state index contributed by atoms with van der Waals surface area (Å²) in [6.07, 6.45) is -0.224. The van der Waals surface area contributed by atoms with Crippen LogP contribution in [0.1, 0.15) is 17.9 Å². The molecule has 4 N–H and O–H groups in total. The van der Waals surface area contributed by atoms with Crippen LogP contribution in [-0.2, 0) is 19.1 Å². The second kappa shape index (κ2) is 8.61. The van der Waals surface area contributed by atoms with Gasteiger partial charge in [-0.25, -0.2) is 0 Å². The Kier molecular flexibility index (Phi) is 6.12. The normalized spacial score (nSPS) is 20.3. The molecule has 10 nitrogen and oxygen atoms in total. The van der Waals surface area contributed by atoms with Crippen LogP contribution in [0.4, 0.5) is 0 Å². The van der Waals surface area contributed by atoms with Gasteiger partial charge in [0.2, 0.25) is 11.8 Å². The van der Waals surface area contributed by atoms with E-state index < -0.39 is 29.0 Å². The number of nitriles is 1. The Bertz CT molecular complexity index is 1070. The highest BCUT2D eigenvalue weighted by Gasteiger charge is 2.48. The van der Waals surface area contributed by atoms with Gasteiger partial charge in [-0.05, 0) is 6.07 Å². The van der Waals surface area contributed by atoms with Crippen LogP contribution in [0.3, 0.4) is 0 Å². The minimum atomic E-state index is -0.966. The molecule has 0 aliphatic carbocycles. The van der Waals surface area contributed by atoms with Crippen LogP contribution < -0.4 is 20.9 Å². The molecule has 3 rings (SSSR count). The fraction of sp³-hybridized carbons (Fsp3) is 0.300. The Hall–Kier alpha value is -3.65. The largest absolute Gasteiger partial charge is 0.497 e. The maximum atomic E-state index is 12.9. The van der Waals surface area contributed by atoms with Crippen molar-refractivity contribution >= 4 is 29.5 Å². The molecule has 2 aliphatic rings. The van der Waals surface area contributed by atoms with Crippen molar-refractivity contribution in [3.63, 3.8) is 0 Å². The summed E-state index contributed by atoms with van der Waals surface area (Å²) in [5.74, 6) is -2.20. The summed E-state index contributed by atoms with van der Waals surface area (Å²) >= 11 is 0.984. The third-order valence-corrected chi connectivity index (χ3v) is 6.27. The van der Waals surface area contributed by atoms with Crippen molar-refractivity contribution in [1.29, 1.82) is 5.26 Å². The lowest BCUT2D eigenvalue weighted by Crippen LogP contribution is -2.39. The molecule has 2 aliphatic heterocycles. The molecule has 1 saturated heterocycles. The number of benzene rings is 1. The Morgan fingerprint density at radius 3 is 2.52 bits per heavy atom. The number of carbonyl (C=O) groups excluding carboxylic acids is 3. The quantitative estimate of drug-likeness (QED) is 0.602. The predicted octanol–water partition coefficient (Wildman–Crippen LogP) is 0.699. The highest BCUT2D eigenvalue weighted by molar-refractivity contribution is 8.04. The maximum Gasteiger partial charge on any atom is 0.307 e. The van der Waals surface area contributed by atoms with Crippen LogP contribution in [0.25, 0.3) is 0 Å². The first-order valence-corrected chi connectivity index (χ1v) is 9.90. The number of primary amides is 1. The summed E-state index contributed by atoms with van der Waals surface area (Å²) in [5, 5.41) is 9.18. The van der Waals surface area contributed by atoms with Crippen molar-refractivity contribution in [2.75, 3.05) is 21.3 Å². The van der Waals surface area contributed by atoms with E-state index in [0.29, 0.717) is 17.1 Å². The van der Waals surface area contributed by atoms with Crippen LogP contribution in [0.5, 0.6) is 11.5 Å². The third-order valence-electron chi connectivity index (χ3n) is 4.99. The van der Waals surface area contributed by atoms with Gasteiger partial charge < -0.3 is 25.7 Å². The highest BCUT2D eigenvalue weighted by atomic mass is 32.2. The summed E-state index contributed by atoms with van der Waals surface area (Å²) in [4.78, 5) is 38.3. The number of amides is 2. The van der Waals surface area contributed by atoms with E-state index in [0.717, 1.165) is 16.7 Å². The van der Waals surface area contributed by atoms with Crippen molar-refractivity contribution in [3.05, 3.63) is 45.8 Å². The molecule has 2 atom stereocenters. The number of nitrogens with two attached hydrogens (primary N) is 2. The molecule has 0 saturated carbocycles. The molecule has 0 radical (unpaired) electrons. The summed E-state index contributed by atoms with van der Waals surface area (Å²) in [6.45, 7) is 0. The van der Waals surface area contributed by atoms with Crippen LogP contribution >= 0.6 is 11.8 Å². The Labute approximate surface area is 182 Å².